The van der Waals surface area contributed by atoms with Crippen molar-refractivity contribution in [2.75, 3.05) is 33.4 Å². The largest absolute Gasteiger partial charge is 0.463 e. The zero-order chi connectivity index (χ0) is 16.0. The Bertz CT molecular complexity index is 302. The van der Waals surface area contributed by atoms with Crippen LogP contribution in [0, 0.1) is 0 Å². The van der Waals surface area contributed by atoms with Gasteiger partial charge in [-0.1, -0.05) is 31.9 Å². The number of hydrogen-bond donors (Lipinski definition) is 0. The molecule has 7 heteroatoms. The average Bonchev–Trinajstić information content (AvgIpc) is 2.26. The molecule has 0 amide bonds. The molecule has 0 aliphatic rings. The van der Waals surface area contributed by atoms with E-state index in [2.05, 4.69) is 31.9 Å². The third-order valence-electron chi connectivity index (χ3n) is 2.38. The van der Waals surface area contributed by atoms with Crippen molar-refractivity contribution in [1.82, 2.24) is 4.90 Å². The molecule has 0 N–H and O–H groups in total. The maximum absolute atomic E-state index is 11.5. The number of carbonyl (C=O) groups is 2. The molecule has 0 aliphatic carbocycles. The Balaban J connectivity index is 3.78. The first kappa shape index (κ1) is 19.9. The van der Waals surface area contributed by atoms with E-state index in [1.165, 1.54) is 0 Å². The van der Waals surface area contributed by atoms with E-state index < -0.39 is 8.65 Å². The second-order valence-electron chi connectivity index (χ2n) is 5.52. The molecule has 0 fully saturated rings. The number of rotatable bonds is 8. The fraction of sp³-hybridized carbons (Fsp3) is 0.846. The number of carbonyl (C=O) groups excluding carboxylic acids is 2. The van der Waals surface area contributed by atoms with Crippen LogP contribution in [-0.4, -0.2) is 58.8 Å². The monoisotopic (exact) mass is 415 g/mol. The van der Waals surface area contributed by atoms with Crippen LogP contribution < -0.4 is 0 Å². The van der Waals surface area contributed by atoms with Gasteiger partial charge in [0.05, 0.1) is 0 Å². The number of halogens is 2. The predicted molar refractivity (Wildman–Crippen MR) is 85.4 cm³/mol. The minimum absolute atomic E-state index is 0.293. The Kier molecular flexibility index (Phi) is 8.28. The molecule has 0 radical (unpaired) electrons. The summed E-state index contributed by atoms with van der Waals surface area (Å²) in [6.45, 7) is 8.74. The van der Waals surface area contributed by atoms with Crippen molar-refractivity contribution in [3.8, 4) is 0 Å². The summed E-state index contributed by atoms with van der Waals surface area (Å²) < 4.78 is 8.90. The Hall–Kier alpha value is -0.140. The number of esters is 2. The van der Waals surface area contributed by atoms with Gasteiger partial charge in [-0.2, -0.15) is 0 Å². The standard InChI is InChI=1S/C13H23Br2NO4/c1-12(2,14)10(17)19-8-6-16(5)7-9-20-11(18)13(3,4)15/h6-9H2,1-5H3. The van der Waals surface area contributed by atoms with Crippen LogP contribution in [0.3, 0.4) is 0 Å². The van der Waals surface area contributed by atoms with Gasteiger partial charge < -0.3 is 9.47 Å². The fourth-order valence-electron chi connectivity index (χ4n) is 1.04. The third kappa shape index (κ3) is 8.92. The summed E-state index contributed by atoms with van der Waals surface area (Å²) >= 11 is 6.47. The highest BCUT2D eigenvalue weighted by Crippen LogP contribution is 2.18. The lowest BCUT2D eigenvalue weighted by atomic mass is 10.2. The lowest BCUT2D eigenvalue weighted by molar-refractivity contribution is -0.146. The first-order valence-electron chi connectivity index (χ1n) is 6.35. The van der Waals surface area contributed by atoms with Crippen molar-refractivity contribution in [3.63, 3.8) is 0 Å². The topological polar surface area (TPSA) is 55.8 Å². The summed E-state index contributed by atoms with van der Waals surface area (Å²) in [7, 11) is 1.88. The van der Waals surface area contributed by atoms with Crippen LogP contribution in [-0.2, 0) is 19.1 Å². The van der Waals surface area contributed by atoms with E-state index >= 15 is 0 Å². The quantitative estimate of drug-likeness (QED) is 0.449. The Morgan fingerprint density at radius 2 is 1.20 bits per heavy atom. The molecule has 0 aliphatic heterocycles. The summed E-state index contributed by atoms with van der Waals surface area (Å²) in [5.41, 5.74) is 0. The minimum Gasteiger partial charge on any atom is -0.463 e. The van der Waals surface area contributed by atoms with Crippen LogP contribution >= 0.6 is 31.9 Å². The lowest BCUT2D eigenvalue weighted by Crippen LogP contribution is -2.33. The Morgan fingerprint density at radius 3 is 1.45 bits per heavy atom. The van der Waals surface area contributed by atoms with Crippen LogP contribution in [0.4, 0.5) is 0 Å². The van der Waals surface area contributed by atoms with E-state index in [0.29, 0.717) is 26.3 Å². The van der Waals surface area contributed by atoms with Crippen LogP contribution in [0.2, 0.25) is 0 Å². The van der Waals surface area contributed by atoms with Gasteiger partial charge >= 0.3 is 11.9 Å². The molecule has 0 saturated carbocycles. The van der Waals surface area contributed by atoms with Gasteiger partial charge in [0.15, 0.2) is 0 Å². The van der Waals surface area contributed by atoms with Gasteiger partial charge in [-0.15, -0.1) is 0 Å². The number of nitrogens with zero attached hydrogens (tertiary/aromatic N) is 1. The maximum Gasteiger partial charge on any atom is 0.322 e. The van der Waals surface area contributed by atoms with Crippen LogP contribution in [0.1, 0.15) is 27.7 Å². The van der Waals surface area contributed by atoms with E-state index in [1.807, 2.05) is 11.9 Å². The fourth-order valence-corrected chi connectivity index (χ4v) is 1.27. The molecule has 0 aromatic carbocycles. The zero-order valence-electron chi connectivity index (χ0n) is 12.7. The van der Waals surface area contributed by atoms with Crippen molar-refractivity contribution in [1.29, 1.82) is 0 Å². The zero-order valence-corrected chi connectivity index (χ0v) is 15.8. The number of hydrogen-bond acceptors (Lipinski definition) is 5. The van der Waals surface area contributed by atoms with E-state index in [9.17, 15) is 9.59 Å². The van der Waals surface area contributed by atoms with Gasteiger partial charge in [-0.25, -0.2) is 0 Å². The summed E-state index contributed by atoms with van der Waals surface area (Å²) in [6.07, 6.45) is 0. The molecule has 0 atom stereocenters. The summed E-state index contributed by atoms with van der Waals surface area (Å²) in [5, 5.41) is 0. The van der Waals surface area contributed by atoms with Gasteiger partial charge in [0.2, 0.25) is 0 Å². The first-order chi connectivity index (χ1) is 8.94. The van der Waals surface area contributed by atoms with Gasteiger partial charge in [0, 0.05) is 13.1 Å². The van der Waals surface area contributed by atoms with Crippen LogP contribution in [0.5, 0.6) is 0 Å². The maximum atomic E-state index is 11.5. The molecule has 0 spiro atoms. The molecule has 0 heterocycles. The lowest BCUT2D eigenvalue weighted by Gasteiger charge is -2.20. The first-order valence-corrected chi connectivity index (χ1v) is 7.94. The molecule has 0 bridgehead atoms. The van der Waals surface area contributed by atoms with Gasteiger partial charge in [0.25, 0.3) is 0 Å². The number of likely N-dealkylation sites (N-methyl/N-ethyl adjacent to an activating group) is 1. The normalized spacial score (nSPS) is 12.4. The highest BCUT2D eigenvalue weighted by molar-refractivity contribution is 9.10. The van der Waals surface area contributed by atoms with E-state index in [1.54, 1.807) is 27.7 Å². The molecule has 0 unspecified atom stereocenters. The molecule has 0 aromatic rings. The van der Waals surface area contributed by atoms with Gasteiger partial charge in [-0.05, 0) is 34.7 Å². The van der Waals surface area contributed by atoms with Crippen LogP contribution in [0.25, 0.3) is 0 Å². The van der Waals surface area contributed by atoms with E-state index in [-0.39, 0.29) is 11.9 Å². The number of ether oxygens (including phenoxy) is 2. The van der Waals surface area contributed by atoms with Gasteiger partial charge in [-0.3, -0.25) is 14.5 Å². The summed E-state index contributed by atoms with van der Waals surface area (Å²) in [4.78, 5) is 24.9. The minimum atomic E-state index is -0.664. The smallest absolute Gasteiger partial charge is 0.322 e. The Morgan fingerprint density at radius 1 is 0.900 bits per heavy atom. The van der Waals surface area contributed by atoms with E-state index in [0.717, 1.165) is 0 Å². The van der Waals surface area contributed by atoms with Crippen molar-refractivity contribution in [2.24, 2.45) is 0 Å². The second-order valence-corrected chi connectivity index (χ2v) is 9.49. The summed E-state index contributed by atoms with van der Waals surface area (Å²) in [6, 6.07) is 0. The average molecular weight is 417 g/mol. The molecular weight excluding hydrogens is 394 g/mol. The van der Waals surface area contributed by atoms with Crippen LogP contribution in [0.15, 0.2) is 0 Å². The number of alkyl halides is 2. The Labute approximate surface area is 137 Å². The highest BCUT2D eigenvalue weighted by Gasteiger charge is 2.26. The third-order valence-corrected chi connectivity index (χ3v) is 3.03. The molecule has 20 heavy (non-hydrogen) atoms. The molecule has 0 rings (SSSR count). The SMILES string of the molecule is CN(CCOC(=O)C(C)(C)Br)CCOC(=O)C(C)(C)Br. The molecule has 118 valence electrons. The molecular formula is C13H23Br2NO4. The second kappa shape index (κ2) is 8.34. The molecule has 0 aromatic heterocycles. The van der Waals surface area contributed by atoms with E-state index in [4.69, 9.17) is 9.47 Å². The van der Waals surface area contributed by atoms with Crippen molar-refractivity contribution < 1.29 is 19.1 Å². The predicted octanol–water partition coefficient (Wildman–Crippen LogP) is 2.35. The molecule has 5 nitrogen and oxygen atoms in total. The van der Waals surface area contributed by atoms with Gasteiger partial charge in [0.1, 0.15) is 21.9 Å². The summed E-state index contributed by atoms with van der Waals surface area (Å²) in [5.74, 6) is -0.586. The van der Waals surface area contributed by atoms with Crippen molar-refractivity contribution >= 4 is 43.8 Å². The van der Waals surface area contributed by atoms with Crippen molar-refractivity contribution in [2.45, 2.75) is 36.3 Å². The van der Waals surface area contributed by atoms with Crippen molar-refractivity contribution in [3.05, 3.63) is 0 Å². The molecule has 0 saturated heterocycles. The highest BCUT2D eigenvalue weighted by atomic mass is 79.9.